The van der Waals surface area contributed by atoms with Gasteiger partial charge in [0.1, 0.15) is 11.7 Å². The van der Waals surface area contributed by atoms with E-state index < -0.39 is 5.60 Å². The van der Waals surface area contributed by atoms with Crippen molar-refractivity contribution in [2.24, 2.45) is 22.7 Å². The Morgan fingerprint density at radius 1 is 0.811 bits per heavy atom. The molecular weight excluding hydrogens is 460 g/mol. The number of Topliss-reactive ketones (excluding diaryl/α,β-unsaturated/α-hetero) is 1. The zero-order valence-corrected chi connectivity index (χ0v) is 25.0. The molecule has 2 saturated carbocycles. The molecule has 214 valence electrons. The molecule has 1 aliphatic heterocycles. The highest BCUT2D eigenvalue weighted by Gasteiger charge is 2.74. The van der Waals surface area contributed by atoms with Crippen LogP contribution in [0.5, 0.6) is 0 Å². The van der Waals surface area contributed by atoms with Crippen LogP contribution in [0.2, 0.25) is 0 Å². The molecule has 5 atom stereocenters. The first-order valence-electron chi connectivity index (χ1n) is 16.0. The summed E-state index contributed by atoms with van der Waals surface area (Å²) in [5.41, 5.74) is -0.631. The number of esters is 1. The lowest BCUT2D eigenvalue weighted by Crippen LogP contribution is -2.60. The molecule has 0 bridgehead atoms. The van der Waals surface area contributed by atoms with Gasteiger partial charge in [-0.2, -0.15) is 0 Å². The highest BCUT2D eigenvalue weighted by molar-refractivity contribution is 5.92. The lowest BCUT2D eigenvalue weighted by Gasteiger charge is -2.56. The van der Waals surface area contributed by atoms with Gasteiger partial charge in [0, 0.05) is 18.3 Å². The maximum absolute atomic E-state index is 13.2. The van der Waals surface area contributed by atoms with Gasteiger partial charge in [-0.15, -0.1) is 0 Å². The number of epoxide rings is 1. The van der Waals surface area contributed by atoms with E-state index in [1.54, 1.807) is 0 Å². The van der Waals surface area contributed by atoms with Crippen LogP contribution in [0, 0.1) is 22.7 Å². The summed E-state index contributed by atoms with van der Waals surface area (Å²) in [4.78, 5) is 25.8. The molecule has 4 nitrogen and oxygen atoms in total. The molecule has 37 heavy (non-hydrogen) atoms. The fourth-order valence-electron chi connectivity index (χ4n) is 8.07. The van der Waals surface area contributed by atoms with E-state index in [4.69, 9.17) is 9.47 Å². The summed E-state index contributed by atoms with van der Waals surface area (Å²) >= 11 is 0. The summed E-state index contributed by atoms with van der Waals surface area (Å²) in [6.07, 6.45) is 23.3. The third-order valence-corrected chi connectivity index (χ3v) is 10.2. The highest BCUT2D eigenvalue weighted by Crippen LogP contribution is 2.66. The third kappa shape index (κ3) is 7.83. The number of carbonyl (C=O) groups is 2. The second kappa shape index (κ2) is 13.9. The number of hydrogen-bond donors (Lipinski definition) is 0. The standard InChI is InChI=1S/C33H58O4/c1-6-7-8-9-10-11-12-13-14-15-16-17-18-19-20-22-27(34)36-25-26-32(4)24-21-23-31(2,3)29(32)28(35)30-33(26,5)37-30/h26,29-30H,6-25H2,1-5H3. The molecule has 0 amide bonds. The van der Waals surface area contributed by atoms with Crippen molar-refractivity contribution in [3.05, 3.63) is 0 Å². The van der Waals surface area contributed by atoms with E-state index in [-0.39, 0.29) is 40.5 Å². The van der Waals surface area contributed by atoms with Crippen LogP contribution >= 0.6 is 0 Å². The highest BCUT2D eigenvalue weighted by atomic mass is 16.6. The van der Waals surface area contributed by atoms with E-state index in [0.717, 1.165) is 32.1 Å². The SMILES string of the molecule is CCCCCCCCCCCCCCCCCC(=O)OCC1C2(C)CCCC(C)(C)C2C(=O)C2OC21C. The number of fused-ring (bicyclic) bond motifs is 2. The summed E-state index contributed by atoms with van der Waals surface area (Å²) in [7, 11) is 0. The Bertz CT molecular complexity index is 730. The van der Waals surface area contributed by atoms with Gasteiger partial charge in [0.05, 0.1) is 6.61 Å². The molecular formula is C33H58O4. The molecule has 0 aromatic carbocycles. The fraction of sp³-hybridized carbons (Fsp3) is 0.939. The number of carbonyl (C=O) groups excluding carboxylic acids is 2. The van der Waals surface area contributed by atoms with Crippen LogP contribution in [0.1, 0.15) is 157 Å². The Labute approximate surface area is 228 Å². The Kier molecular flexibility index (Phi) is 11.5. The van der Waals surface area contributed by atoms with Crippen molar-refractivity contribution >= 4 is 11.8 Å². The quantitative estimate of drug-likeness (QED) is 0.103. The number of ether oxygens (including phenoxy) is 2. The summed E-state index contributed by atoms with van der Waals surface area (Å²) in [6, 6.07) is 0. The lowest BCUT2D eigenvalue weighted by molar-refractivity contribution is -0.158. The maximum Gasteiger partial charge on any atom is 0.305 e. The molecule has 3 aliphatic rings. The fourth-order valence-corrected chi connectivity index (χ4v) is 8.07. The van der Waals surface area contributed by atoms with Crippen molar-refractivity contribution in [2.45, 2.75) is 168 Å². The summed E-state index contributed by atoms with van der Waals surface area (Å²) in [6.45, 7) is 11.5. The zero-order chi connectivity index (χ0) is 26.9. The van der Waals surface area contributed by atoms with Crippen LogP contribution in [0.25, 0.3) is 0 Å². The molecule has 2 aliphatic carbocycles. The Morgan fingerprint density at radius 3 is 1.86 bits per heavy atom. The molecule has 5 unspecified atom stereocenters. The molecule has 0 aromatic heterocycles. The molecule has 0 radical (unpaired) electrons. The maximum atomic E-state index is 13.2. The normalized spacial score (nSPS) is 32.0. The van der Waals surface area contributed by atoms with Gasteiger partial charge in [-0.25, -0.2) is 0 Å². The average molecular weight is 519 g/mol. The summed E-state index contributed by atoms with van der Waals surface area (Å²) < 4.78 is 11.9. The number of ketones is 1. The third-order valence-electron chi connectivity index (χ3n) is 10.2. The minimum absolute atomic E-state index is 0.00595. The first-order valence-corrected chi connectivity index (χ1v) is 16.0. The molecule has 0 N–H and O–H groups in total. The van der Waals surface area contributed by atoms with Crippen LogP contribution in [0.4, 0.5) is 0 Å². The van der Waals surface area contributed by atoms with Crippen LogP contribution in [0.15, 0.2) is 0 Å². The van der Waals surface area contributed by atoms with Gasteiger partial charge in [-0.3, -0.25) is 9.59 Å². The lowest BCUT2D eigenvalue weighted by atomic mass is 9.46. The molecule has 0 aromatic rings. The molecule has 3 fully saturated rings. The van der Waals surface area contributed by atoms with Crippen molar-refractivity contribution in [3.63, 3.8) is 0 Å². The van der Waals surface area contributed by atoms with Gasteiger partial charge < -0.3 is 9.47 Å². The van der Waals surface area contributed by atoms with Crippen LogP contribution < -0.4 is 0 Å². The van der Waals surface area contributed by atoms with Crippen molar-refractivity contribution in [3.8, 4) is 0 Å². The predicted octanol–water partition coefficient (Wildman–Crippen LogP) is 8.98. The van der Waals surface area contributed by atoms with E-state index in [0.29, 0.717) is 13.0 Å². The predicted molar refractivity (Wildman–Crippen MR) is 152 cm³/mol. The first kappa shape index (κ1) is 30.6. The van der Waals surface area contributed by atoms with E-state index in [9.17, 15) is 9.59 Å². The van der Waals surface area contributed by atoms with E-state index in [1.807, 2.05) is 0 Å². The van der Waals surface area contributed by atoms with Crippen molar-refractivity contribution in [1.29, 1.82) is 0 Å². The topological polar surface area (TPSA) is 55.9 Å². The van der Waals surface area contributed by atoms with Crippen molar-refractivity contribution in [2.75, 3.05) is 6.61 Å². The summed E-state index contributed by atoms with van der Waals surface area (Å²) in [5, 5.41) is 0. The molecule has 3 rings (SSSR count). The van der Waals surface area contributed by atoms with E-state index in [1.165, 1.54) is 83.5 Å². The minimum Gasteiger partial charge on any atom is -0.465 e. The zero-order valence-electron chi connectivity index (χ0n) is 25.0. The average Bonchev–Trinajstić information content (AvgIpc) is 3.53. The van der Waals surface area contributed by atoms with Crippen LogP contribution in [-0.4, -0.2) is 30.1 Å². The van der Waals surface area contributed by atoms with E-state index in [2.05, 4.69) is 34.6 Å². The largest absolute Gasteiger partial charge is 0.465 e. The van der Waals surface area contributed by atoms with Crippen molar-refractivity contribution < 1.29 is 19.1 Å². The van der Waals surface area contributed by atoms with Crippen LogP contribution in [-0.2, 0) is 19.1 Å². The Hall–Kier alpha value is -0.900. The van der Waals surface area contributed by atoms with Gasteiger partial charge in [0.25, 0.3) is 0 Å². The monoisotopic (exact) mass is 518 g/mol. The minimum atomic E-state index is -0.454. The number of rotatable bonds is 18. The van der Waals surface area contributed by atoms with Crippen molar-refractivity contribution in [1.82, 2.24) is 0 Å². The van der Waals surface area contributed by atoms with Gasteiger partial charge >= 0.3 is 5.97 Å². The van der Waals surface area contributed by atoms with Gasteiger partial charge in [-0.05, 0) is 37.0 Å². The number of hydrogen-bond acceptors (Lipinski definition) is 4. The molecule has 4 heteroatoms. The smallest absolute Gasteiger partial charge is 0.305 e. The van der Waals surface area contributed by atoms with Gasteiger partial charge in [-0.1, -0.05) is 124 Å². The van der Waals surface area contributed by atoms with Gasteiger partial charge in [0.15, 0.2) is 5.78 Å². The summed E-state index contributed by atoms with van der Waals surface area (Å²) in [5.74, 6) is 0.295. The molecule has 1 saturated heterocycles. The molecule has 1 heterocycles. The van der Waals surface area contributed by atoms with Crippen LogP contribution in [0.3, 0.4) is 0 Å². The number of unbranched alkanes of at least 4 members (excludes halogenated alkanes) is 14. The Morgan fingerprint density at radius 2 is 1.32 bits per heavy atom. The van der Waals surface area contributed by atoms with E-state index >= 15 is 0 Å². The molecule has 0 spiro atoms. The van der Waals surface area contributed by atoms with Gasteiger partial charge in [0.2, 0.25) is 0 Å². The Balaban J connectivity index is 1.24. The second-order valence-corrected chi connectivity index (χ2v) is 13.8. The first-order chi connectivity index (χ1) is 17.7. The second-order valence-electron chi connectivity index (χ2n) is 13.8.